The molecule has 0 aliphatic heterocycles. The van der Waals surface area contributed by atoms with Gasteiger partial charge in [0.2, 0.25) is 0 Å². The van der Waals surface area contributed by atoms with Crippen LogP contribution >= 0.6 is 0 Å². The van der Waals surface area contributed by atoms with Crippen molar-refractivity contribution in [2.45, 2.75) is 27.2 Å². The molecular formula is C14H15N3O3. The molecular weight excluding hydrogens is 258 g/mol. The Morgan fingerprint density at radius 3 is 2.45 bits per heavy atom. The van der Waals surface area contributed by atoms with Gasteiger partial charge in [-0.3, -0.25) is 9.78 Å². The Morgan fingerprint density at radius 2 is 2.00 bits per heavy atom. The van der Waals surface area contributed by atoms with Crippen molar-refractivity contribution in [3.05, 3.63) is 41.0 Å². The molecule has 6 nitrogen and oxygen atoms in total. The topological polar surface area (TPSA) is 85.1 Å². The molecule has 2 rings (SSSR count). The number of aryl methyl sites for hydroxylation is 1. The Hall–Kier alpha value is -2.50. The molecule has 0 saturated heterocycles. The highest BCUT2D eigenvalue weighted by atomic mass is 16.4. The van der Waals surface area contributed by atoms with E-state index in [1.807, 2.05) is 0 Å². The number of nitrogens with zero attached hydrogens (tertiary/aromatic N) is 3. The SMILES string of the molecule is CCC(=O)c1ccc(-n2nc(C)c(C(=O)O)c2C)cn1. The van der Waals surface area contributed by atoms with Gasteiger partial charge in [-0.2, -0.15) is 5.10 Å². The summed E-state index contributed by atoms with van der Waals surface area (Å²) in [4.78, 5) is 26.8. The predicted octanol–water partition coefficient (Wildman–Crippen LogP) is 2.18. The summed E-state index contributed by atoms with van der Waals surface area (Å²) >= 11 is 0. The van der Waals surface area contributed by atoms with Crippen LogP contribution < -0.4 is 0 Å². The lowest BCUT2D eigenvalue weighted by atomic mass is 10.2. The third kappa shape index (κ3) is 2.32. The van der Waals surface area contributed by atoms with E-state index in [9.17, 15) is 9.59 Å². The molecule has 0 aliphatic carbocycles. The Bertz CT molecular complexity index is 672. The maximum atomic E-state index is 11.5. The normalized spacial score (nSPS) is 10.6. The van der Waals surface area contributed by atoms with Gasteiger partial charge in [0, 0.05) is 6.42 Å². The lowest BCUT2D eigenvalue weighted by Crippen LogP contribution is -2.05. The van der Waals surface area contributed by atoms with E-state index in [0.29, 0.717) is 29.2 Å². The van der Waals surface area contributed by atoms with Crippen molar-refractivity contribution < 1.29 is 14.7 Å². The zero-order valence-corrected chi connectivity index (χ0v) is 11.5. The maximum absolute atomic E-state index is 11.5. The largest absolute Gasteiger partial charge is 0.478 e. The van der Waals surface area contributed by atoms with Crippen molar-refractivity contribution in [3.8, 4) is 5.69 Å². The average molecular weight is 273 g/mol. The summed E-state index contributed by atoms with van der Waals surface area (Å²) in [5.41, 5.74) is 2.20. The second-order valence-electron chi connectivity index (χ2n) is 4.44. The number of rotatable bonds is 4. The third-order valence-corrected chi connectivity index (χ3v) is 3.10. The molecule has 20 heavy (non-hydrogen) atoms. The summed E-state index contributed by atoms with van der Waals surface area (Å²) in [6, 6.07) is 3.33. The molecule has 0 saturated carbocycles. The van der Waals surface area contributed by atoms with E-state index in [1.54, 1.807) is 32.9 Å². The second-order valence-corrected chi connectivity index (χ2v) is 4.44. The van der Waals surface area contributed by atoms with Crippen molar-refractivity contribution in [1.82, 2.24) is 14.8 Å². The van der Waals surface area contributed by atoms with Gasteiger partial charge in [-0.25, -0.2) is 9.48 Å². The Labute approximate surface area is 116 Å². The predicted molar refractivity (Wildman–Crippen MR) is 72.4 cm³/mol. The van der Waals surface area contributed by atoms with Crippen LogP contribution in [0.1, 0.15) is 45.6 Å². The smallest absolute Gasteiger partial charge is 0.339 e. The van der Waals surface area contributed by atoms with Gasteiger partial charge >= 0.3 is 5.97 Å². The van der Waals surface area contributed by atoms with Crippen molar-refractivity contribution in [3.63, 3.8) is 0 Å². The zero-order chi connectivity index (χ0) is 14.9. The maximum Gasteiger partial charge on any atom is 0.339 e. The molecule has 0 atom stereocenters. The van der Waals surface area contributed by atoms with E-state index in [4.69, 9.17) is 5.11 Å². The quantitative estimate of drug-likeness (QED) is 0.863. The molecule has 0 aliphatic rings. The first-order valence-electron chi connectivity index (χ1n) is 6.24. The average Bonchev–Trinajstić information content (AvgIpc) is 2.73. The zero-order valence-electron chi connectivity index (χ0n) is 11.5. The number of carboxylic acids is 1. The number of ketones is 1. The van der Waals surface area contributed by atoms with Crippen LogP contribution in [0.4, 0.5) is 0 Å². The fourth-order valence-electron chi connectivity index (χ4n) is 2.06. The number of Topliss-reactive ketones (excluding diaryl/α,β-unsaturated/α-hetero) is 1. The molecule has 0 amide bonds. The van der Waals surface area contributed by atoms with Crippen LogP contribution in [0.5, 0.6) is 0 Å². The Balaban J connectivity index is 2.45. The lowest BCUT2D eigenvalue weighted by molar-refractivity contribution is 0.0695. The fourth-order valence-corrected chi connectivity index (χ4v) is 2.06. The van der Waals surface area contributed by atoms with Crippen LogP contribution in [-0.2, 0) is 0 Å². The van der Waals surface area contributed by atoms with Gasteiger partial charge < -0.3 is 5.11 Å². The number of pyridine rings is 1. The molecule has 104 valence electrons. The minimum absolute atomic E-state index is 0.0313. The number of aromatic carboxylic acids is 1. The first-order valence-corrected chi connectivity index (χ1v) is 6.24. The minimum atomic E-state index is -1.00. The molecule has 2 heterocycles. The van der Waals surface area contributed by atoms with Gasteiger partial charge in [-0.05, 0) is 26.0 Å². The molecule has 0 spiro atoms. The van der Waals surface area contributed by atoms with Crippen molar-refractivity contribution >= 4 is 11.8 Å². The highest BCUT2D eigenvalue weighted by Crippen LogP contribution is 2.17. The lowest BCUT2D eigenvalue weighted by Gasteiger charge is -2.05. The van der Waals surface area contributed by atoms with Crippen molar-refractivity contribution in [1.29, 1.82) is 0 Å². The van der Waals surface area contributed by atoms with E-state index in [2.05, 4.69) is 10.1 Å². The standard InChI is InChI=1S/C14H15N3O3/c1-4-12(18)11-6-5-10(7-15-11)17-9(3)13(14(19)20)8(2)16-17/h5-7H,4H2,1-3H3,(H,19,20). The van der Waals surface area contributed by atoms with E-state index >= 15 is 0 Å². The number of aromatic nitrogens is 3. The summed E-state index contributed by atoms with van der Waals surface area (Å²) in [6.45, 7) is 5.11. The Kier molecular flexibility index (Phi) is 3.65. The van der Waals surface area contributed by atoms with Gasteiger partial charge in [0.05, 0.1) is 23.3 Å². The molecule has 0 fully saturated rings. The molecule has 6 heteroatoms. The van der Waals surface area contributed by atoms with E-state index in [-0.39, 0.29) is 11.3 Å². The first kappa shape index (κ1) is 13.9. The monoisotopic (exact) mass is 273 g/mol. The van der Waals surface area contributed by atoms with Crippen LogP contribution in [0.3, 0.4) is 0 Å². The van der Waals surface area contributed by atoms with Crippen LogP contribution in [0.15, 0.2) is 18.3 Å². The summed E-state index contributed by atoms with van der Waals surface area (Å²) < 4.78 is 1.52. The Morgan fingerprint density at radius 1 is 1.30 bits per heavy atom. The van der Waals surface area contributed by atoms with Crippen molar-refractivity contribution in [2.75, 3.05) is 0 Å². The number of carbonyl (C=O) groups is 2. The van der Waals surface area contributed by atoms with Crippen LogP contribution in [0, 0.1) is 13.8 Å². The first-order chi connectivity index (χ1) is 9.45. The van der Waals surface area contributed by atoms with Crippen LogP contribution in [0.2, 0.25) is 0 Å². The fraction of sp³-hybridized carbons (Fsp3) is 0.286. The summed E-state index contributed by atoms with van der Waals surface area (Å²) in [7, 11) is 0. The van der Waals surface area contributed by atoms with Crippen molar-refractivity contribution in [2.24, 2.45) is 0 Å². The van der Waals surface area contributed by atoms with Gasteiger partial charge in [0.15, 0.2) is 5.78 Å². The summed E-state index contributed by atoms with van der Waals surface area (Å²) in [6.07, 6.45) is 1.92. The third-order valence-electron chi connectivity index (χ3n) is 3.10. The molecule has 0 radical (unpaired) electrons. The van der Waals surface area contributed by atoms with E-state index < -0.39 is 5.97 Å². The number of hydrogen-bond donors (Lipinski definition) is 1. The molecule has 2 aromatic heterocycles. The number of carbonyl (C=O) groups excluding carboxylic acids is 1. The second kappa shape index (κ2) is 5.24. The summed E-state index contributed by atoms with van der Waals surface area (Å²) in [5.74, 6) is -1.03. The van der Waals surface area contributed by atoms with Crippen LogP contribution in [-0.4, -0.2) is 31.6 Å². The van der Waals surface area contributed by atoms with E-state index in [0.717, 1.165) is 0 Å². The number of carboxylic acid groups (broad SMARTS) is 1. The van der Waals surface area contributed by atoms with Crippen LogP contribution in [0.25, 0.3) is 5.69 Å². The highest BCUT2D eigenvalue weighted by Gasteiger charge is 2.18. The van der Waals surface area contributed by atoms with Gasteiger partial charge in [0.1, 0.15) is 11.3 Å². The van der Waals surface area contributed by atoms with Gasteiger partial charge in [0.25, 0.3) is 0 Å². The van der Waals surface area contributed by atoms with E-state index in [1.165, 1.54) is 10.9 Å². The summed E-state index contributed by atoms with van der Waals surface area (Å²) in [5, 5.41) is 13.3. The highest BCUT2D eigenvalue weighted by molar-refractivity contribution is 5.94. The molecule has 1 N–H and O–H groups in total. The molecule has 0 bridgehead atoms. The van der Waals surface area contributed by atoms with Gasteiger partial charge in [-0.15, -0.1) is 0 Å². The minimum Gasteiger partial charge on any atom is -0.478 e. The molecule has 0 aromatic carbocycles. The molecule has 2 aromatic rings. The number of hydrogen-bond acceptors (Lipinski definition) is 4. The van der Waals surface area contributed by atoms with Gasteiger partial charge in [-0.1, -0.05) is 6.92 Å². The molecule has 0 unspecified atom stereocenters.